The van der Waals surface area contributed by atoms with Crippen LogP contribution in [0.25, 0.3) is 10.6 Å². The maximum absolute atomic E-state index is 12.3. The van der Waals surface area contributed by atoms with Crippen molar-refractivity contribution in [3.63, 3.8) is 0 Å². The van der Waals surface area contributed by atoms with E-state index in [2.05, 4.69) is 10.3 Å². The molecule has 2 aromatic rings. The molecule has 0 saturated heterocycles. The molecule has 0 aliphatic carbocycles. The molecule has 1 heterocycles. The standard InChI is InChI=1S/C16H18N2O3S/c1-9(2)12(16(20)21)18-14(19)13-10(3)17-15(22-13)11-7-5-4-6-8-11/h4-9,12H,1-3H3,(H,18,19)(H,20,21). The van der Waals surface area contributed by atoms with Crippen LogP contribution in [0.3, 0.4) is 0 Å². The van der Waals surface area contributed by atoms with Gasteiger partial charge in [-0.1, -0.05) is 44.2 Å². The van der Waals surface area contributed by atoms with E-state index in [0.717, 1.165) is 10.6 Å². The Labute approximate surface area is 133 Å². The molecular weight excluding hydrogens is 300 g/mol. The second-order valence-corrected chi connectivity index (χ2v) is 6.33. The predicted molar refractivity (Wildman–Crippen MR) is 86.0 cm³/mol. The van der Waals surface area contributed by atoms with Crippen molar-refractivity contribution >= 4 is 23.2 Å². The number of benzene rings is 1. The summed E-state index contributed by atoms with van der Waals surface area (Å²) in [5.74, 6) is -1.62. The second kappa shape index (κ2) is 6.70. The molecule has 22 heavy (non-hydrogen) atoms. The van der Waals surface area contributed by atoms with Gasteiger partial charge in [-0.15, -0.1) is 11.3 Å². The number of nitrogens with zero attached hydrogens (tertiary/aromatic N) is 1. The normalized spacial score (nSPS) is 12.2. The van der Waals surface area contributed by atoms with Gasteiger partial charge in [-0.3, -0.25) is 4.79 Å². The number of carboxylic acids is 1. The van der Waals surface area contributed by atoms with Crippen molar-refractivity contribution in [2.45, 2.75) is 26.8 Å². The van der Waals surface area contributed by atoms with Crippen molar-refractivity contribution in [2.24, 2.45) is 5.92 Å². The molecule has 5 nitrogen and oxygen atoms in total. The van der Waals surface area contributed by atoms with Crippen LogP contribution in [0.2, 0.25) is 0 Å². The molecule has 1 aromatic heterocycles. The summed E-state index contributed by atoms with van der Waals surface area (Å²) in [5, 5.41) is 12.5. The van der Waals surface area contributed by atoms with Gasteiger partial charge in [-0.2, -0.15) is 0 Å². The van der Waals surface area contributed by atoms with Crippen LogP contribution in [0, 0.1) is 12.8 Å². The summed E-state index contributed by atoms with van der Waals surface area (Å²) in [4.78, 5) is 28.4. The molecule has 1 unspecified atom stereocenters. The van der Waals surface area contributed by atoms with Crippen LogP contribution in [0.1, 0.15) is 29.2 Å². The lowest BCUT2D eigenvalue weighted by molar-refractivity contribution is -0.140. The highest BCUT2D eigenvalue weighted by Gasteiger charge is 2.26. The number of aliphatic carboxylic acids is 1. The minimum Gasteiger partial charge on any atom is -0.480 e. The average Bonchev–Trinajstić information content (AvgIpc) is 2.87. The monoisotopic (exact) mass is 318 g/mol. The first-order valence-electron chi connectivity index (χ1n) is 6.96. The van der Waals surface area contributed by atoms with E-state index in [-0.39, 0.29) is 5.92 Å². The zero-order valence-electron chi connectivity index (χ0n) is 12.7. The van der Waals surface area contributed by atoms with Gasteiger partial charge in [0.2, 0.25) is 0 Å². The van der Waals surface area contributed by atoms with Gasteiger partial charge in [0.15, 0.2) is 0 Å². The number of hydrogen-bond acceptors (Lipinski definition) is 4. The zero-order valence-corrected chi connectivity index (χ0v) is 13.5. The van der Waals surface area contributed by atoms with E-state index in [1.54, 1.807) is 20.8 Å². The number of carboxylic acid groups (broad SMARTS) is 1. The summed E-state index contributed by atoms with van der Waals surface area (Å²) >= 11 is 1.27. The second-order valence-electron chi connectivity index (χ2n) is 5.33. The van der Waals surface area contributed by atoms with Gasteiger partial charge in [0.05, 0.1) is 5.69 Å². The van der Waals surface area contributed by atoms with Crippen molar-refractivity contribution in [1.29, 1.82) is 0 Å². The molecule has 1 aromatic carbocycles. The van der Waals surface area contributed by atoms with Gasteiger partial charge in [-0.05, 0) is 12.8 Å². The Hall–Kier alpha value is -2.21. The maximum atomic E-state index is 12.3. The molecule has 6 heteroatoms. The quantitative estimate of drug-likeness (QED) is 0.888. The summed E-state index contributed by atoms with van der Waals surface area (Å²) in [5.41, 5.74) is 1.54. The lowest BCUT2D eigenvalue weighted by Crippen LogP contribution is -2.44. The molecule has 2 rings (SSSR count). The first kappa shape index (κ1) is 16.2. The Bertz CT molecular complexity index is 680. The number of thiazole rings is 1. The van der Waals surface area contributed by atoms with Crippen LogP contribution in [-0.4, -0.2) is 28.0 Å². The van der Waals surface area contributed by atoms with Crippen LogP contribution >= 0.6 is 11.3 Å². The molecule has 1 amide bonds. The van der Waals surface area contributed by atoms with Crippen LogP contribution in [0.4, 0.5) is 0 Å². The summed E-state index contributed by atoms with van der Waals surface area (Å²) < 4.78 is 0. The zero-order chi connectivity index (χ0) is 16.3. The van der Waals surface area contributed by atoms with Crippen molar-refractivity contribution < 1.29 is 14.7 Å². The molecule has 0 aliphatic rings. The topological polar surface area (TPSA) is 79.3 Å². The van der Waals surface area contributed by atoms with Crippen LogP contribution in [-0.2, 0) is 4.79 Å². The van der Waals surface area contributed by atoms with Crippen molar-refractivity contribution in [1.82, 2.24) is 10.3 Å². The van der Waals surface area contributed by atoms with Gasteiger partial charge in [-0.25, -0.2) is 9.78 Å². The smallest absolute Gasteiger partial charge is 0.326 e. The molecule has 0 saturated carbocycles. The Morgan fingerprint density at radius 1 is 1.23 bits per heavy atom. The number of hydrogen-bond donors (Lipinski definition) is 2. The first-order chi connectivity index (χ1) is 10.4. The van der Waals surface area contributed by atoms with Gasteiger partial charge >= 0.3 is 5.97 Å². The third-order valence-corrected chi connectivity index (χ3v) is 4.45. The number of rotatable bonds is 5. The lowest BCUT2D eigenvalue weighted by atomic mass is 10.0. The fourth-order valence-electron chi connectivity index (χ4n) is 2.03. The molecule has 0 radical (unpaired) electrons. The van der Waals surface area contributed by atoms with Gasteiger partial charge in [0.1, 0.15) is 15.9 Å². The van der Waals surface area contributed by atoms with Crippen LogP contribution < -0.4 is 5.32 Å². The van der Waals surface area contributed by atoms with Crippen molar-refractivity contribution in [2.75, 3.05) is 0 Å². The van der Waals surface area contributed by atoms with Crippen LogP contribution in [0.5, 0.6) is 0 Å². The lowest BCUT2D eigenvalue weighted by Gasteiger charge is -2.17. The SMILES string of the molecule is Cc1nc(-c2ccccc2)sc1C(=O)NC(C(=O)O)C(C)C. The van der Waals surface area contributed by atoms with Crippen LogP contribution in [0.15, 0.2) is 30.3 Å². The predicted octanol–water partition coefficient (Wildman–Crippen LogP) is 2.96. The van der Waals surface area contributed by atoms with Crippen molar-refractivity contribution in [3.8, 4) is 10.6 Å². The largest absolute Gasteiger partial charge is 0.480 e. The summed E-state index contributed by atoms with van der Waals surface area (Å²) in [6.45, 7) is 5.27. The van der Waals surface area contributed by atoms with E-state index in [0.29, 0.717) is 10.6 Å². The fraction of sp³-hybridized carbons (Fsp3) is 0.312. The highest BCUT2D eigenvalue weighted by Crippen LogP contribution is 2.27. The third-order valence-electron chi connectivity index (χ3n) is 3.24. The number of aromatic nitrogens is 1. The highest BCUT2D eigenvalue weighted by molar-refractivity contribution is 7.17. The van der Waals surface area contributed by atoms with Gasteiger partial charge < -0.3 is 10.4 Å². The number of amides is 1. The maximum Gasteiger partial charge on any atom is 0.326 e. The third kappa shape index (κ3) is 3.51. The van der Waals surface area contributed by atoms with E-state index in [1.165, 1.54) is 11.3 Å². The fourth-order valence-corrected chi connectivity index (χ4v) is 3.01. The van der Waals surface area contributed by atoms with E-state index < -0.39 is 17.9 Å². The average molecular weight is 318 g/mol. The Morgan fingerprint density at radius 2 is 1.86 bits per heavy atom. The molecule has 1 atom stereocenters. The molecular formula is C16H18N2O3S. The summed E-state index contributed by atoms with van der Waals surface area (Å²) in [7, 11) is 0. The number of carbonyl (C=O) groups excluding carboxylic acids is 1. The Morgan fingerprint density at radius 3 is 2.41 bits per heavy atom. The first-order valence-corrected chi connectivity index (χ1v) is 7.78. The Balaban J connectivity index is 2.24. The number of carbonyl (C=O) groups is 2. The Kier molecular flexibility index (Phi) is 4.92. The van der Waals surface area contributed by atoms with E-state index in [9.17, 15) is 9.59 Å². The molecule has 0 fully saturated rings. The summed E-state index contributed by atoms with van der Waals surface area (Å²) in [6, 6.07) is 8.67. The van der Waals surface area contributed by atoms with Gasteiger partial charge in [0.25, 0.3) is 5.91 Å². The van der Waals surface area contributed by atoms with Gasteiger partial charge in [0, 0.05) is 5.56 Å². The number of aryl methyl sites for hydroxylation is 1. The van der Waals surface area contributed by atoms with E-state index >= 15 is 0 Å². The molecule has 116 valence electrons. The summed E-state index contributed by atoms with van der Waals surface area (Å²) in [6.07, 6.45) is 0. The molecule has 0 aliphatic heterocycles. The molecule has 0 bridgehead atoms. The number of nitrogens with one attached hydrogen (secondary N) is 1. The highest BCUT2D eigenvalue weighted by atomic mass is 32.1. The molecule has 0 spiro atoms. The van der Waals surface area contributed by atoms with E-state index in [4.69, 9.17) is 5.11 Å². The minimum atomic E-state index is -1.03. The van der Waals surface area contributed by atoms with Crippen molar-refractivity contribution in [3.05, 3.63) is 40.9 Å². The minimum absolute atomic E-state index is 0.191. The van der Waals surface area contributed by atoms with E-state index in [1.807, 2.05) is 30.3 Å². The molecule has 2 N–H and O–H groups in total.